The van der Waals surface area contributed by atoms with Crippen molar-refractivity contribution in [3.63, 3.8) is 0 Å². The first-order chi connectivity index (χ1) is 11.3. The van der Waals surface area contributed by atoms with Crippen molar-refractivity contribution in [1.29, 1.82) is 0 Å². The zero-order valence-corrected chi connectivity index (χ0v) is 14.2. The van der Waals surface area contributed by atoms with Crippen molar-refractivity contribution in [1.82, 2.24) is 5.32 Å². The van der Waals surface area contributed by atoms with Crippen molar-refractivity contribution in [2.24, 2.45) is 0 Å². The Balaban J connectivity index is 1.69. The Kier molecular flexibility index (Phi) is 4.36. The van der Waals surface area contributed by atoms with Crippen LogP contribution >= 0.6 is 11.6 Å². The lowest BCUT2D eigenvalue weighted by Gasteiger charge is -2.18. The second-order valence-corrected chi connectivity index (χ2v) is 7.66. The number of halogens is 2. The molecule has 0 saturated heterocycles. The van der Waals surface area contributed by atoms with Gasteiger partial charge in [0.15, 0.2) is 0 Å². The van der Waals surface area contributed by atoms with E-state index in [0.29, 0.717) is 11.6 Å². The van der Waals surface area contributed by atoms with Crippen LogP contribution in [-0.2, 0) is 15.6 Å². The zero-order valence-electron chi connectivity index (χ0n) is 12.6. The van der Waals surface area contributed by atoms with Crippen LogP contribution in [0.2, 0.25) is 5.02 Å². The van der Waals surface area contributed by atoms with Crippen LogP contribution in [0, 0.1) is 0 Å². The van der Waals surface area contributed by atoms with E-state index >= 15 is 0 Å². The molecule has 1 amide bonds. The molecule has 2 aromatic rings. The molecule has 7 heteroatoms. The minimum atomic E-state index is -4.76. The third kappa shape index (κ3) is 3.44. The Labute approximate surface area is 144 Å². The molecule has 0 spiro atoms. The van der Waals surface area contributed by atoms with Gasteiger partial charge >= 0.3 is 10.2 Å². The average Bonchev–Trinajstić information content (AvgIpc) is 3.33. The molecule has 1 fully saturated rings. The summed E-state index contributed by atoms with van der Waals surface area (Å²) in [5, 5.41) is 3.53. The molecule has 4 nitrogen and oxygen atoms in total. The monoisotopic (exact) mass is 367 g/mol. The summed E-state index contributed by atoms with van der Waals surface area (Å²) in [5.74, 6) is -0.337. The molecule has 1 saturated carbocycles. The summed E-state index contributed by atoms with van der Waals surface area (Å²) < 4.78 is 34.4. The van der Waals surface area contributed by atoms with Gasteiger partial charge in [-0.2, -0.15) is 8.42 Å². The molecule has 0 aromatic heterocycles. The SMILES string of the molecule is O=C(NCC1(c2ccccc2Cl)CC1)c1ccc(S(=O)(=O)F)cc1. The summed E-state index contributed by atoms with van der Waals surface area (Å²) in [4.78, 5) is 11.7. The second-order valence-electron chi connectivity index (χ2n) is 5.91. The van der Waals surface area contributed by atoms with Gasteiger partial charge in [-0.3, -0.25) is 4.79 Å². The minimum Gasteiger partial charge on any atom is -0.351 e. The van der Waals surface area contributed by atoms with E-state index in [0.717, 1.165) is 30.5 Å². The lowest BCUT2D eigenvalue weighted by Crippen LogP contribution is -2.32. The van der Waals surface area contributed by atoms with E-state index in [1.807, 2.05) is 24.3 Å². The lowest BCUT2D eigenvalue weighted by atomic mass is 9.95. The van der Waals surface area contributed by atoms with Crippen molar-refractivity contribution >= 4 is 27.7 Å². The Morgan fingerprint density at radius 3 is 2.29 bits per heavy atom. The minimum absolute atomic E-state index is 0.143. The van der Waals surface area contributed by atoms with Gasteiger partial charge in [0.2, 0.25) is 0 Å². The topological polar surface area (TPSA) is 63.2 Å². The molecule has 1 aliphatic rings. The van der Waals surface area contributed by atoms with Gasteiger partial charge in [-0.25, -0.2) is 0 Å². The maximum atomic E-state index is 12.9. The third-order valence-electron chi connectivity index (χ3n) is 4.28. The number of hydrogen-bond acceptors (Lipinski definition) is 3. The first-order valence-corrected chi connectivity index (χ1v) is 9.16. The molecule has 126 valence electrons. The van der Waals surface area contributed by atoms with Gasteiger partial charge in [0.25, 0.3) is 5.91 Å². The van der Waals surface area contributed by atoms with E-state index in [-0.39, 0.29) is 16.9 Å². The van der Waals surface area contributed by atoms with Crippen LogP contribution in [0.1, 0.15) is 28.8 Å². The fourth-order valence-corrected chi connectivity index (χ4v) is 3.50. The molecule has 24 heavy (non-hydrogen) atoms. The second kappa shape index (κ2) is 6.18. The maximum absolute atomic E-state index is 12.9. The van der Waals surface area contributed by atoms with Gasteiger partial charge in [0, 0.05) is 22.5 Å². The van der Waals surface area contributed by atoms with Gasteiger partial charge in [-0.05, 0) is 48.7 Å². The zero-order chi connectivity index (χ0) is 17.4. The van der Waals surface area contributed by atoms with E-state index in [2.05, 4.69) is 5.32 Å². The highest BCUT2D eigenvalue weighted by Gasteiger charge is 2.45. The maximum Gasteiger partial charge on any atom is 0.332 e. The molecule has 3 rings (SSSR count). The smallest absolute Gasteiger partial charge is 0.332 e. The number of amides is 1. The fourth-order valence-electron chi connectivity index (χ4n) is 2.70. The van der Waals surface area contributed by atoms with Crippen LogP contribution in [0.25, 0.3) is 0 Å². The number of benzene rings is 2. The van der Waals surface area contributed by atoms with Crippen molar-refractivity contribution in [3.8, 4) is 0 Å². The lowest BCUT2D eigenvalue weighted by molar-refractivity contribution is 0.0949. The van der Waals surface area contributed by atoms with Gasteiger partial charge in [0.1, 0.15) is 0 Å². The molecular weight excluding hydrogens is 353 g/mol. The molecule has 2 aromatic carbocycles. The van der Waals surface area contributed by atoms with Crippen LogP contribution in [-0.4, -0.2) is 20.9 Å². The van der Waals surface area contributed by atoms with Crippen molar-refractivity contribution < 1.29 is 17.1 Å². The number of nitrogens with one attached hydrogen (secondary N) is 1. The fraction of sp³-hybridized carbons (Fsp3) is 0.235. The number of carbonyl (C=O) groups is 1. The molecule has 1 aliphatic carbocycles. The van der Waals surface area contributed by atoms with Crippen LogP contribution in [0.15, 0.2) is 53.4 Å². The summed E-state index contributed by atoms with van der Waals surface area (Å²) in [6.45, 7) is 0.443. The molecule has 1 N–H and O–H groups in total. The highest BCUT2D eigenvalue weighted by molar-refractivity contribution is 7.86. The van der Waals surface area contributed by atoms with Gasteiger partial charge < -0.3 is 5.32 Å². The van der Waals surface area contributed by atoms with E-state index in [1.165, 1.54) is 12.1 Å². The van der Waals surface area contributed by atoms with Crippen molar-refractivity contribution in [2.75, 3.05) is 6.54 Å². The van der Waals surface area contributed by atoms with E-state index in [9.17, 15) is 17.1 Å². The molecule has 0 aliphatic heterocycles. The molecular formula is C17H15ClFNO3S. The predicted octanol–water partition coefficient (Wildman–Crippen LogP) is 3.46. The summed E-state index contributed by atoms with van der Waals surface area (Å²) in [6, 6.07) is 12.3. The quantitative estimate of drug-likeness (QED) is 0.823. The molecule has 0 unspecified atom stereocenters. The van der Waals surface area contributed by atoms with E-state index < -0.39 is 15.1 Å². The van der Waals surface area contributed by atoms with Gasteiger partial charge in [-0.15, -0.1) is 3.89 Å². The predicted molar refractivity (Wildman–Crippen MR) is 89.4 cm³/mol. The largest absolute Gasteiger partial charge is 0.351 e. The van der Waals surface area contributed by atoms with Crippen molar-refractivity contribution in [2.45, 2.75) is 23.2 Å². The Hall–Kier alpha value is -1.92. The third-order valence-corrected chi connectivity index (χ3v) is 5.45. The number of carbonyl (C=O) groups excluding carboxylic acids is 1. The molecule has 0 heterocycles. The number of hydrogen-bond donors (Lipinski definition) is 1. The molecule has 0 radical (unpaired) electrons. The first kappa shape index (κ1) is 16.9. The normalized spacial score (nSPS) is 15.8. The van der Waals surface area contributed by atoms with Gasteiger partial charge in [0.05, 0.1) is 4.90 Å². The summed E-state index contributed by atoms with van der Waals surface area (Å²) in [5.41, 5.74) is 1.15. The Bertz CT molecular complexity index is 877. The summed E-state index contributed by atoms with van der Waals surface area (Å²) in [7, 11) is -4.76. The Morgan fingerprint density at radius 1 is 1.12 bits per heavy atom. The van der Waals surface area contributed by atoms with Crippen LogP contribution < -0.4 is 5.32 Å². The Morgan fingerprint density at radius 2 is 1.75 bits per heavy atom. The van der Waals surface area contributed by atoms with Crippen LogP contribution in [0.3, 0.4) is 0 Å². The van der Waals surface area contributed by atoms with Crippen LogP contribution in [0.4, 0.5) is 3.89 Å². The summed E-state index contributed by atoms with van der Waals surface area (Å²) in [6.07, 6.45) is 1.88. The summed E-state index contributed by atoms with van der Waals surface area (Å²) >= 11 is 6.24. The van der Waals surface area contributed by atoms with E-state index in [1.54, 1.807) is 0 Å². The molecule has 0 atom stereocenters. The van der Waals surface area contributed by atoms with Crippen molar-refractivity contribution in [3.05, 3.63) is 64.7 Å². The number of rotatable bonds is 5. The standard InChI is InChI=1S/C17H15ClFNO3S/c18-15-4-2-1-3-14(15)17(9-10-17)11-20-16(21)12-5-7-13(8-6-12)24(19,22)23/h1-8H,9-11H2,(H,20,21). The van der Waals surface area contributed by atoms with Crippen LogP contribution in [0.5, 0.6) is 0 Å². The highest BCUT2D eigenvalue weighted by Crippen LogP contribution is 2.49. The molecule has 0 bridgehead atoms. The highest BCUT2D eigenvalue weighted by atomic mass is 35.5. The first-order valence-electron chi connectivity index (χ1n) is 7.40. The van der Waals surface area contributed by atoms with Gasteiger partial charge in [-0.1, -0.05) is 29.8 Å². The van der Waals surface area contributed by atoms with E-state index in [4.69, 9.17) is 11.6 Å². The average molecular weight is 368 g/mol.